The number of carboxylic acid groups (broad SMARTS) is 1. The zero-order chi connectivity index (χ0) is 8.69. The van der Waals surface area contributed by atoms with Crippen LogP contribution in [0.4, 0.5) is 0 Å². The van der Waals surface area contributed by atoms with E-state index in [1.54, 1.807) is 12.4 Å². The summed E-state index contributed by atoms with van der Waals surface area (Å²) in [5, 5.41) is 7.60. The van der Waals surface area contributed by atoms with Crippen LogP contribution in [0.1, 0.15) is 0 Å². The minimum atomic E-state index is -0.981. The molecule has 1 heterocycles. The zero-order valence-corrected chi connectivity index (χ0v) is 7.21. The van der Waals surface area contributed by atoms with E-state index >= 15 is 0 Å². The standard InChI is InChI=1S/C3H3BrN2.C3H4O2/c4-3-5-1-2-6-3;1-2-3(4)5/h1-2H,(H,5,6);2H,1H2,(H,4,5). The van der Waals surface area contributed by atoms with Crippen molar-refractivity contribution in [2.24, 2.45) is 0 Å². The molecule has 0 unspecified atom stereocenters. The van der Waals surface area contributed by atoms with Crippen LogP contribution in [-0.2, 0) is 4.79 Å². The van der Waals surface area contributed by atoms with E-state index in [4.69, 9.17) is 5.11 Å². The van der Waals surface area contributed by atoms with Crippen LogP contribution in [0, 0.1) is 0 Å². The van der Waals surface area contributed by atoms with Crippen LogP contribution in [0.5, 0.6) is 0 Å². The van der Waals surface area contributed by atoms with Gasteiger partial charge in [-0.1, -0.05) is 6.58 Å². The molecular formula is C6H7BrN2O2. The van der Waals surface area contributed by atoms with Gasteiger partial charge in [-0.15, -0.1) is 0 Å². The first-order valence-corrected chi connectivity index (χ1v) is 3.46. The summed E-state index contributed by atoms with van der Waals surface area (Å²) in [6.07, 6.45) is 4.27. The van der Waals surface area contributed by atoms with Crippen LogP contribution in [0.15, 0.2) is 29.8 Å². The molecule has 0 aliphatic heterocycles. The average molecular weight is 219 g/mol. The highest BCUT2D eigenvalue weighted by Crippen LogP contribution is 1.95. The molecule has 0 amide bonds. The van der Waals surface area contributed by atoms with Crippen LogP contribution in [0.2, 0.25) is 0 Å². The molecule has 1 rings (SSSR count). The summed E-state index contributed by atoms with van der Waals surface area (Å²) < 4.78 is 0.780. The van der Waals surface area contributed by atoms with Crippen molar-refractivity contribution in [3.8, 4) is 0 Å². The summed E-state index contributed by atoms with van der Waals surface area (Å²) in [5.41, 5.74) is 0. The number of aromatic nitrogens is 2. The molecule has 0 aliphatic rings. The molecule has 11 heavy (non-hydrogen) atoms. The molecule has 2 N–H and O–H groups in total. The van der Waals surface area contributed by atoms with Gasteiger partial charge in [0.25, 0.3) is 0 Å². The van der Waals surface area contributed by atoms with Gasteiger partial charge >= 0.3 is 5.97 Å². The van der Waals surface area contributed by atoms with Crippen LogP contribution in [-0.4, -0.2) is 21.0 Å². The Hall–Kier alpha value is -1.10. The lowest BCUT2D eigenvalue weighted by Crippen LogP contribution is -1.82. The summed E-state index contributed by atoms with van der Waals surface area (Å²) in [4.78, 5) is 15.8. The first kappa shape index (κ1) is 9.90. The van der Waals surface area contributed by atoms with Crippen LogP contribution in [0.25, 0.3) is 0 Å². The van der Waals surface area contributed by atoms with Gasteiger partial charge in [0.15, 0.2) is 4.73 Å². The Bertz CT molecular complexity index is 220. The van der Waals surface area contributed by atoms with Crippen LogP contribution < -0.4 is 0 Å². The molecule has 0 aromatic carbocycles. The molecule has 0 aliphatic carbocycles. The van der Waals surface area contributed by atoms with Crippen molar-refractivity contribution < 1.29 is 9.90 Å². The Balaban J connectivity index is 0.000000187. The molecule has 0 atom stereocenters. The molecule has 0 saturated heterocycles. The largest absolute Gasteiger partial charge is 0.478 e. The number of aromatic amines is 1. The minimum absolute atomic E-state index is 0.780. The minimum Gasteiger partial charge on any atom is -0.478 e. The van der Waals surface area contributed by atoms with E-state index in [1.807, 2.05) is 0 Å². The molecule has 0 radical (unpaired) electrons. The number of imidazole rings is 1. The fourth-order valence-electron chi connectivity index (χ4n) is 0.246. The Morgan fingerprint density at radius 3 is 2.55 bits per heavy atom. The maximum atomic E-state index is 9.25. The number of hydrogen-bond acceptors (Lipinski definition) is 2. The number of carbonyl (C=O) groups is 1. The number of aliphatic carboxylic acids is 1. The number of hydrogen-bond donors (Lipinski definition) is 2. The summed E-state index contributed by atoms with van der Waals surface area (Å²) in [6, 6.07) is 0. The molecule has 0 saturated carbocycles. The Morgan fingerprint density at radius 2 is 2.45 bits per heavy atom. The predicted molar refractivity (Wildman–Crippen MR) is 44.1 cm³/mol. The van der Waals surface area contributed by atoms with Crippen molar-refractivity contribution >= 4 is 21.9 Å². The van der Waals surface area contributed by atoms with Crippen molar-refractivity contribution in [2.45, 2.75) is 0 Å². The molecule has 0 fully saturated rings. The summed E-state index contributed by atoms with van der Waals surface area (Å²) >= 11 is 3.11. The fourth-order valence-corrected chi connectivity index (χ4v) is 0.496. The van der Waals surface area contributed by atoms with E-state index in [0.29, 0.717) is 0 Å². The van der Waals surface area contributed by atoms with E-state index in [9.17, 15) is 4.79 Å². The topological polar surface area (TPSA) is 66.0 Å². The molecular weight excluding hydrogens is 212 g/mol. The third-order valence-electron chi connectivity index (χ3n) is 0.639. The highest BCUT2D eigenvalue weighted by molar-refractivity contribution is 9.10. The predicted octanol–water partition coefficient (Wildman–Crippen LogP) is 1.43. The summed E-state index contributed by atoms with van der Waals surface area (Å²) in [5.74, 6) is -0.981. The number of nitrogens with one attached hydrogen (secondary N) is 1. The van der Waals surface area contributed by atoms with Gasteiger partial charge in [-0.25, -0.2) is 9.78 Å². The zero-order valence-electron chi connectivity index (χ0n) is 5.62. The normalized spacial score (nSPS) is 7.73. The second kappa shape index (κ2) is 5.67. The lowest BCUT2D eigenvalue weighted by molar-refractivity contribution is -0.131. The Labute approximate surface area is 72.1 Å². The second-order valence-corrected chi connectivity index (χ2v) is 2.17. The first-order chi connectivity index (χ1) is 5.16. The summed E-state index contributed by atoms with van der Waals surface area (Å²) in [7, 11) is 0. The van der Waals surface area contributed by atoms with Gasteiger partial charge in [0.05, 0.1) is 0 Å². The van der Waals surface area contributed by atoms with Gasteiger partial charge < -0.3 is 10.1 Å². The first-order valence-electron chi connectivity index (χ1n) is 2.67. The smallest absolute Gasteiger partial charge is 0.327 e. The quantitative estimate of drug-likeness (QED) is 0.702. The molecule has 60 valence electrons. The van der Waals surface area contributed by atoms with E-state index in [0.717, 1.165) is 10.8 Å². The third kappa shape index (κ3) is 6.79. The average Bonchev–Trinajstić information content (AvgIpc) is 2.41. The maximum Gasteiger partial charge on any atom is 0.327 e. The van der Waals surface area contributed by atoms with Crippen molar-refractivity contribution in [1.29, 1.82) is 0 Å². The number of carboxylic acids is 1. The van der Waals surface area contributed by atoms with Crippen molar-refractivity contribution in [3.63, 3.8) is 0 Å². The van der Waals surface area contributed by atoms with Gasteiger partial charge in [-0.3, -0.25) is 0 Å². The Morgan fingerprint density at radius 1 is 1.91 bits per heavy atom. The van der Waals surface area contributed by atoms with Gasteiger partial charge in [0.2, 0.25) is 0 Å². The lowest BCUT2D eigenvalue weighted by Gasteiger charge is -1.65. The van der Waals surface area contributed by atoms with Gasteiger partial charge in [-0.05, 0) is 15.9 Å². The van der Waals surface area contributed by atoms with E-state index < -0.39 is 5.97 Å². The SMILES string of the molecule is Brc1ncc[nH]1.C=CC(=O)O. The van der Waals surface area contributed by atoms with Gasteiger partial charge in [0.1, 0.15) is 0 Å². The van der Waals surface area contributed by atoms with Gasteiger partial charge in [0, 0.05) is 18.5 Å². The number of halogens is 1. The fraction of sp³-hybridized carbons (Fsp3) is 0. The highest BCUT2D eigenvalue weighted by Gasteiger charge is 1.76. The third-order valence-corrected chi connectivity index (χ3v) is 1.07. The second-order valence-electron chi connectivity index (χ2n) is 1.42. The molecule has 0 spiro atoms. The highest BCUT2D eigenvalue weighted by atomic mass is 79.9. The molecule has 1 aromatic rings. The van der Waals surface area contributed by atoms with Crippen LogP contribution >= 0.6 is 15.9 Å². The number of rotatable bonds is 1. The number of nitrogens with zero attached hydrogens (tertiary/aromatic N) is 1. The molecule has 4 nitrogen and oxygen atoms in total. The summed E-state index contributed by atoms with van der Waals surface area (Å²) in [6.45, 7) is 2.96. The Kier molecular flexibility index (Phi) is 5.10. The van der Waals surface area contributed by atoms with E-state index in [-0.39, 0.29) is 0 Å². The van der Waals surface area contributed by atoms with Gasteiger partial charge in [-0.2, -0.15) is 0 Å². The van der Waals surface area contributed by atoms with Crippen molar-refractivity contribution in [3.05, 3.63) is 29.8 Å². The van der Waals surface area contributed by atoms with E-state index in [2.05, 4.69) is 32.5 Å². The maximum absolute atomic E-state index is 9.25. The molecule has 0 bridgehead atoms. The molecule has 1 aromatic heterocycles. The van der Waals surface area contributed by atoms with E-state index in [1.165, 1.54) is 0 Å². The molecule has 5 heteroatoms. The van der Waals surface area contributed by atoms with Crippen molar-refractivity contribution in [2.75, 3.05) is 0 Å². The number of H-pyrrole nitrogens is 1. The monoisotopic (exact) mass is 218 g/mol. The lowest BCUT2D eigenvalue weighted by atomic mass is 10.7. The van der Waals surface area contributed by atoms with Crippen LogP contribution in [0.3, 0.4) is 0 Å². The van der Waals surface area contributed by atoms with Crippen molar-refractivity contribution in [1.82, 2.24) is 9.97 Å².